The predicted octanol–water partition coefficient (Wildman–Crippen LogP) is 3.73. The maximum Gasteiger partial charge on any atom is 0.249 e. The molecule has 9 heteroatoms. The summed E-state index contributed by atoms with van der Waals surface area (Å²) in [4.78, 5) is 59.4. The first kappa shape index (κ1) is 34.8. The molecule has 2 fully saturated rings. The van der Waals surface area contributed by atoms with Crippen LogP contribution < -0.4 is 10.6 Å². The van der Waals surface area contributed by atoms with E-state index >= 15 is 0 Å². The minimum absolute atomic E-state index is 0.00415. The van der Waals surface area contributed by atoms with E-state index in [1.54, 1.807) is 23.8 Å². The van der Waals surface area contributed by atoms with E-state index in [9.17, 15) is 19.2 Å². The van der Waals surface area contributed by atoms with Crippen molar-refractivity contribution in [3.05, 3.63) is 11.6 Å². The van der Waals surface area contributed by atoms with Crippen LogP contribution in [0.25, 0.3) is 0 Å². The molecular weight excluding hydrogens is 518 g/mol. The average molecular weight is 576 g/mol. The van der Waals surface area contributed by atoms with Gasteiger partial charge in [0.15, 0.2) is 0 Å². The Labute approximate surface area is 248 Å². The quantitative estimate of drug-likeness (QED) is 0.387. The van der Waals surface area contributed by atoms with E-state index < -0.39 is 17.5 Å². The molecule has 0 aromatic rings. The lowest BCUT2D eigenvalue weighted by atomic mass is 9.84. The molecule has 0 bridgehead atoms. The first-order chi connectivity index (χ1) is 19.0. The molecule has 0 aromatic heterocycles. The smallest absolute Gasteiger partial charge is 0.249 e. The molecule has 234 valence electrons. The molecule has 0 aromatic carbocycles. The average Bonchev–Trinajstić information content (AvgIpc) is 3.37. The zero-order valence-corrected chi connectivity index (χ0v) is 27.5. The first-order valence-electron chi connectivity index (χ1n) is 15.6. The van der Waals surface area contributed by atoms with Crippen LogP contribution in [0.15, 0.2) is 11.6 Å². The fraction of sp³-hybridized carbons (Fsp3) is 0.812. The number of piperidine rings is 1. The van der Waals surface area contributed by atoms with E-state index in [-0.39, 0.29) is 53.7 Å². The van der Waals surface area contributed by atoms with Gasteiger partial charge in [0.25, 0.3) is 0 Å². The second-order valence-electron chi connectivity index (χ2n) is 14.0. The molecule has 2 aliphatic rings. The van der Waals surface area contributed by atoms with Gasteiger partial charge in [-0.3, -0.25) is 24.1 Å². The summed E-state index contributed by atoms with van der Waals surface area (Å²) in [6.07, 6.45) is 6.14. The maximum atomic E-state index is 14.0. The molecule has 0 saturated carbocycles. The molecule has 2 saturated heterocycles. The van der Waals surface area contributed by atoms with Crippen molar-refractivity contribution in [1.82, 2.24) is 25.3 Å². The van der Waals surface area contributed by atoms with Crippen molar-refractivity contribution < 1.29 is 19.2 Å². The van der Waals surface area contributed by atoms with E-state index in [4.69, 9.17) is 0 Å². The van der Waals surface area contributed by atoms with Crippen LogP contribution in [0.5, 0.6) is 0 Å². The number of hydrogen-bond acceptors (Lipinski definition) is 5. The van der Waals surface area contributed by atoms with Crippen molar-refractivity contribution in [2.45, 2.75) is 138 Å². The topological polar surface area (TPSA) is 102 Å². The molecular formula is C32H57N5O4. The largest absolute Gasteiger partial charge is 0.352 e. The second kappa shape index (κ2) is 14.7. The van der Waals surface area contributed by atoms with Crippen LogP contribution in [-0.2, 0) is 19.2 Å². The monoisotopic (exact) mass is 575 g/mol. The van der Waals surface area contributed by atoms with E-state index in [2.05, 4.69) is 29.4 Å². The predicted molar refractivity (Wildman–Crippen MR) is 164 cm³/mol. The summed E-state index contributed by atoms with van der Waals surface area (Å²) in [5.74, 6) is -0.545. The highest BCUT2D eigenvalue weighted by atomic mass is 16.2. The van der Waals surface area contributed by atoms with Gasteiger partial charge >= 0.3 is 0 Å². The van der Waals surface area contributed by atoms with E-state index in [1.165, 1.54) is 0 Å². The molecule has 4 atom stereocenters. The third kappa shape index (κ3) is 9.03. The molecule has 0 radical (unpaired) electrons. The van der Waals surface area contributed by atoms with Gasteiger partial charge in [0, 0.05) is 31.2 Å². The van der Waals surface area contributed by atoms with Gasteiger partial charge in [-0.1, -0.05) is 47.1 Å². The minimum atomic E-state index is -0.718. The van der Waals surface area contributed by atoms with Crippen molar-refractivity contribution in [3.8, 4) is 0 Å². The molecule has 0 spiro atoms. The summed E-state index contributed by atoms with van der Waals surface area (Å²) in [6.45, 7) is 21.2. The number of rotatable bonds is 10. The summed E-state index contributed by atoms with van der Waals surface area (Å²) in [6, 6.07) is -1.54. The Hall–Kier alpha value is -2.42. The van der Waals surface area contributed by atoms with Crippen LogP contribution in [0.1, 0.15) is 101 Å². The highest BCUT2D eigenvalue weighted by Gasteiger charge is 2.40. The third-order valence-electron chi connectivity index (χ3n) is 8.39. The Bertz CT molecular complexity index is 968. The highest BCUT2D eigenvalue weighted by Crippen LogP contribution is 2.27. The van der Waals surface area contributed by atoms with Gasteiger partial charge in [0.05, 0.1) is 12.1 Å². The SMILES string of the molecule is C/C(=C\[C@H](C(C)C)N(C)C(=O)C(NC(=O)C1CCCCN1C(C)C)C(C)(C)C)C(=O)N1CCCC1C(=O)NC(C)C. The van der Waals surface area contributed by atoms with E-state index in [0.717, 1.165) is 32.2 Å². The molecule has 2 rings (SSSR count). The molecule has 4 amide bonds. The van der Waals surface area contributed by atoms with Crippen molar-refractivity contribution in [2.24, 2.45) is 11.3 Å². The van der Waals surface area contributed by atoms with Crippen molar-refractivity contribution >= 4 is 23.6 Å². The number of nitrogens with zero attached hydrogens (tertiary/aromatic N) is 3. The Morgan fingerprint density at radius 2 is 1.44 bits per heavy atom. The van der Waals surface area contributed by atoms with Gasteiger partial charge in [-0.2, -0.15) is 0 Å². The third-order valence-corrected chi connectivity index (χ3v) is 8.39. The lowest BCUT2D eigenvalue weighted by molar-refractivity contribution is -0.142. The zero-order chi connectivity index (χ0) is 31.2. The van der Waals surface area contributed by atoms with Crippen LogP contribution >= 0.6 is 0 Å². The van der Waals surface area contributed by atoms with E-state index in [0.29, 0.717) is 18.5 Å². The molecule has 2 N–H and O–H groups in total. The van der Waals surface area contributed by atoms with Gasteiger partial charge < -0.3 is 20.4 Å². The fourth-order valence-electron chi connectivity index (χ4n) is 6.06. The van der Waals surface area contributed by atoms with Crippen LogP contribution in [0, 0.1) is 11.3 Å². The Morgan fingerprint density at radius 3 is 1.98 bits per heavy atom. The van der Waals surface area contributed by atoms with Crippen LogP contribution in [-0.4, -0.2) is 94.7 Å². The summed E-state index contributed by atoms with van der Waals surface area (Å²) < 4.78 is 0. The van der Waals surface area contributed by atoms with Crippen LogP contribution in [0.4, 0.5) is 0 Å². The van der Waals surface area contributed by atoms with Crippen LogP contribution in [0.2, 0.25) is 0 Å². The molecule has 0 aliphatic carbocycles. The molecule has 3 unspecified atom stereocenters. The number of nitrogens with one attached hydrogen (secondary N) is 2. The zero-order valence-electron chi connectivity index (χ0n) is 27.5. The number of likely N-dealkylation sites (N-methyl/N-ethyl adjacent to an activating group) is 1. The van der Waals surface area contributed by atoms with Gasteiger partial charge in [0.1, 0.15) is 12.1 Å². The lowest BCUT2D eigenvalue weighted by Gasteiger charge is -2.41. The van der Waals surface area contributed by atoms with E-state index in [1.807, 2.05) is 54.5 Å². The van der Waals surface area contributed by atoms with Crippen molar-refractivity contribution in [1.29, 1.82) is 0 Å². The Kier molecular flexibility index (Phi) is 12.4. The highest BCUT2D eigenvalue weighted by molar-refractivity contribution is 5.97. The fourth-order valence-corrected chi connectivity index (χ4v) is 6.06. The lowest BCUT2D eigenvalue weighted by Crippen LogP contribution is -2.60. The summed E-state index contributed by atoms with van der Waals surface area (Å²) >= 11 is 0. The minimum Gasteiger partial charge on any atom is -0.352 e. The standard InChI is InChI=1S/C32H57N5O4/c1-20(2)26(19-23(7)30(40)37-18-14-16-25(37)28(38)33-21(3)4)35(11)31(41)27(32(8,9)10)34-29(39)24-15-12-13-17-36(24)22(5)6/h19-22,24-27H,12-18H2,1-11H3,(H,33,38)(H,34,39)/b23-19+/t24?,25?,26-,27?/m1/s1. The summed E-state index contributed by atoms with van der Waals surface area (Å²) in [5.41, 5.74) is -0.000204. The van der Waals surface area contributed by atoms with Gasteiger partial charge in [0.2, 0.25) is 23.6 Å². The van der Waals surface area contributed by atoms with Gasteiger partial charge in [-0.05, 0) is 78.2 Å². The van der Waals surface area contributed by atoms with Crippen LogP contribution in [0.3, 0.4) is 0 Å². The van der Waals surface area contributed by atoms with Crippen molar-refractivity contribution in [2.75, 3.05) is 20.1 Å². The summed E-state index contributed by atoms with van der Waals surface area (Å²) in [5, 5.41) is 6.06. The number of carbonyl (C=O) groups excluding carboxylic acids is 4. The van der Waals surface area contributed by atoms with Gasteiger partial charge in [-0.25, -0.2) is 0 Å². The maximum absolute atomic E-state index is 14.0. The first-order valence-corrected chi connectivity index (χ1v) is 15.6. The molecule has 41 heavy (non-hydrogen) atoms. The van der Waals surface area contributed by atoms with Gasteiger partial charge in [-0.15, -0.1) is 0 Å². The number of hydrogen-bond donors (Lipinski definition) is 2. The summed E-state index contributed by atoms with van der Waals surface area (Å²) in [7, 11) is 1.75. The second-order valence-corrected chi connectivity index (χ2v) is 14.0. The number of carbonyl (C=O) groups is 4. The van der Waals surface area contributed by atoms with Crippen molar-refractivity contribution in [3.63, 3.8) is 0 Å². The number of likely N-dealkylation sites (tertiary alicyclic amines) is 2. The number of amides is 4. The Balaban J connectivity index is 2.26. The normalized spacial score (nSPS) is 22.2. The molecule has 9 nitrogen and oxygen atoms in total. The molecule has 2 heterocycles. The molecule has 2 aliphatic heterocycles. The Morgan fingerprint density at radius 1 is 0.854 bits per heavy atom.